The normalized spacial score (nSPS) is 13.7. The van der Waals surface area contributed by atoms with E-state index < -0.39 is 11.5 Å². The maximum atomic E-state index is 11.6. The lowest BCUT2D eigenvalue weighted by molar-refractivity contribution is 0.0601. The van der Waals surface area contributed by atoms with Gasteiger partial charge in [-0.15, -0.1) is 0 Å². The lowest BCUT2D eigenvalue weighted by atomic mass is 9.99. The predicted molar refractivity (Wildman–Crippen MR) is 72.6 cm³/mol. The van der Waals surface area contributed by atoms with Crippen molar-refractivity contribution >= 4 is 11.7 Å². The quantitative estimate of drug-likeness (QED) is 0.637. The number of hydrogen-bond acceptors (Lipinski definition) is 6. The van der Waals surface area contributed by atoms with Gasteiger partial charge in [-0.05, 0) is 25.5 Å². The molecule has 1 unspecified atom stereocenters. The number of aliphatic hydroxyl groups excluding tert-OH is 1. The Kier molecular flexibility index (Phi) is 5.81. The molecule has 0 aliphatic rings. The van der Waals surface area contributed by atoms with Gasteiger partial charge in [-0.1, -0.05) is 12.1 Å². The summed E-state index contributed by atoms with van der Waals surface area (Å²) in [6.45, 7) is 1.48. The van der Waals surface area contributed by atoms with Gasteiger partial charge in [-0.3, -0.25) is 0 Å². The average Bonchev–Trinajstić information content (AvgIpc) is 2.50. The van der Waals surface area contributed by atoms with E-state index >= 15 is 0 Å². The molecule has 6 heteroatoms. The first-order valence-electron chi connectivity index (χ1n) is 6.14. The molecule has 0 aliphatic carbocycles. The minimum Gasteiger partial charge on any atom is -0.465 e. The summed E-state index contributed by atoms with van der Waals surface area (Å²) in [5.41, 5.74) is -0.158. The van der Waals surface area contributed by atoms with E-state index in [1.807, 2.05) is 6.07 Å². The Hall–Kier alpha value is -2.26. The number of azo groups is 1. The Bertz CT molecular complexity index is 537. The van der Waals surface area contributed by atoms with Gasteiger partial charge in [0.2, 0.25) is 0 Å². The molecule has 1 N–H and O–H groups in total. The molecule has 0 spiro atoms. The van der Waals surface area contributed by atoms with Crippen molar-refractivity contribution in [1.82, 2.24) is 0 Å². The molecule has 20 heavy (non-hydrogen) atoms. The number of rotatable bonds is 6. The van der Waals surface area contributed by atoms with Crippen LogP contribution in [0.5, 0.6) is 0 Å². The number of nitriles is 1. The first-order chi connectivity index (χ1) is 9.56. The second kappa shape index (κ2) is 7.36. The molecule has 0 radical (unpaired) electrons. The number of nitrogens with zero attached hydrogens (tertiary/aromatic N) is 3. The molecule has 1 atom stereocenters. The number of carbonyl (C=O) groups is 1. The van der Waals surface area contributed by atoms with E-state index in [1.165, 1.54) is 7.11 Å². The molecule has 0 aliphatic heterocycles. The number of carbonyl (C=O) groups excluding carboxylic acids is 1. The summed E-state index contributed by atoms with van der Waals surface area (Å²) in [4.78, 5) is 11.6. The Balaban J connectivity index is 3.00. The molecule has 0 amide bonds. The van der Waals surface area contributed by atoms with E-state index in [0.717, 1.165) is 0 Å². The fraction of sp³-hybridized carbons (Fsp3) is 0.429. The fourth-order valence-corrected chi connectivity index (χ4v) is 1.50. The van der Waals surface area contributed by atoms with Gasteiger partial charge in [-0.2, -0.15) is 15.5 Å². The maximum Gasteiger partial charge on any atom is 0.340 e. The minimum absolute atomic E-state index is 0.224. The summed E-state index contributed by atoms with van der Waals surface area (Å²) in [6.07, 6.45) is 0.665. The molecule has 0 fully saturated rings. The van der Waals surface area contributed by atoms with Crippen molar-refractivity contribution in [2.24, 2.45) is 10.2 Å². The van der Waals surface area contributed by atoms with Crippen molar-refractivity contribution in [2.75, 3.05) is 13.7 Å². The SMILES string of the molecule is COC(=O)c1ccccc1N=NC(C)(CO)CCC#N. The second-order valence-corrected chi connectivity index (χ2v) is 4.52. The molecule has 106 valence electrons. The summed E-state index contributed by atoms with van der Waals surface area (Å²) >= 11 is 0. The van der Waals surface area contributed by atoms with E-state index in [4.69, 9.17) is 5.26 Å². The highest BCUT2D eigenvalue weighted by molar-refractivity contribution is 5.94. The minimum atomic E-state index is -0.834. The van der Waals surface area contributed by atoms with E-state index in [2.05, 4.69) is 15.0 Å². The highest BCUT2D eigenvalue weighted by Crippen LogP contribution is 2.24. The van der Waals surface area contributed by atoms with E-state index in [1.54, 1.807) is 31.2 Å². The lowest BCUT2D eigenvalue weighted by Crippen LogP contribution is -2.26. The molecule has 1 aromatic carbocycles. The molecule has 1 aromatic rings. The van der Waals surface area contributed by atoms with Crippen LogP contribution in [-0.2, 0) is 4.74 Å². The van der Waals surface area contributed by atoms with Gasteiger partial charge in [0.1, 0.15) is 5.54 Å². The van der Waals surface area contributed by atoms with Gasteiger partial charge in [0.05, 0.1) is 31.0 Å². The number of benzene rings is 1. The van der Waals surface area contributed by atoms with Crippen LogP contribution in [-0.4, -0.2) is 30.3 Å². The Morgan fingerprint density at radius 1 is 1.50 bits per heavy atom. The molecule has 0 saturated carbocycles. The van der Waals surface area contributed by atoms with Gasteiger partial charge in [0.25, 0.3) is 0 Å². The maximum absolute atomic E-state index is 11.6. The van der Waals surface area contributed by atoms with Crippen molar-refractivity contribution in [3.05, 3.63) is 29.8 Å². The van der Waals surface area contributed by atoms with Gasteiger partial charge in [0.15, 0.2) is 0 Å². The average molecular weight is 275 g/mol. The van der Waals surface area contributed by atoms with Crippen molar-refractivity contribution in [2.45, 2.75) is 25.3 Å². The third-order valence-corrected chi connectivity index (χ3v) is 2.82. The van der Waals surface area contributed by atoms with Crippen LogP contribution in [0.25, 0.3) is 0 Å². The van der Waals surface area contributed by atoms with E-state index in [9.17, 15) is 9.90 Å². The number of ether oxygens (including phenoxy) is 1. The van der Waals surface area contributed by atoms with Gasteiger partial charge >= 0.3 is 5.97 Å². The number of hydrogen-bond donors (Lipinski definition) is 1. The zero-order chi connectivity index (χ0) is 15.0. The summed E-state index contributed by atoms with van der Waals surface area (Å²) < 4.78 is 4.67. The van der Waals surface area contributed by atoms with Gasteiger partial charge < -0.3 is 9.84 Å². The molecule has 0 saturated heterocycles. The van der Waals surface area contributed by atoms with Crippen LogP contribution >= 0.6 is 0 Å². The van der Waals surface area contributed by atoms with Gasteiger partial charge in [-0.25, -0.2) is 4.79 Å². The Morgan fingerprint density at radius 2 is 2.20 bits per heavy atom. The standard InChI is InChI=1S/C14H17N3O3/c1-14(10-18,8-5-9-15)17-16-12-7-4-3-6-11(12)13(19)20-2/h3-4,6-7,18H,5,8,10H2,1-2H3. The summed E-state index contributed by atoms with van der Waals surface area (Å²) in [5, 5.41) is 26.1. The summed E-state index contributed by atoms with van der Waals surface area (Å²) in [5.74, 6) is -0.498. The van der Waals surface area contributed by atoms with Crippen molar-refractivity contribution in [1.29, 1.82) is 5.26 Å². The van der Waals surface area contributed by atoms with Crippen molar-refractivity contribution in [3.63, 3.8) is 0 Å². The zero-order valence-electron chi connectivity index (χ0n) is 11.5. The molecule has 6 nitrogen and oxygen atoms in total. The Morgan fingerprint density at radius 3 is 2.80 bits per heavy atom. The highest BCUT2D eigenvalue weighted by Gasteiger charge is 2.22. The third-order valence-electron chi connectivity index (χ3n) is 2.82. The smallest absolute Gasteiger partial charge is 0.340 e. The third kappa shape index (κ3) is 4.14. The van der Waals surface area contributed by atoms with E-state index in [-0.39, 0.29) is 13.0 Å². The molecule has 0 bridgehead atoms. The van der Waals surface area contributed by atoms with Crippen molar-refractivity contribution in [3.8, 4) is 6.07 Å². The fourth-order valence-electron chi connectivity index (χ4n) is 1.50. The number of methoxy groups -OCH3 is 1. The molecular weight excluding hydrogens is 258 g/mol. The zero-order valence-corrected chi connectivity index (χ0v) is 11.5. The van der Waals surface area contributed by atoms with Crippen LogP contribution in [0.15, 0.2) is 34.5 Å². The largest absolute Gasteiger partial charge is 0.465 e. The molecule has 0 heterocycles. The van der Waals surface area contributed by atoms with Crippen molar-refractivity contribution < 1.29 is 14.6 Å². The summed E-state index contributed by atoms with van der Waals surface area (Å²) in [6, 6.07) is 8.66. The summed E-state index contributed by atoms with van der Waals surface area (Å²) in [7, 11) is 1.29. The predicted octanol–water partition coefficient (Wildman–Crippen LogP) is 2.61. The van der Waals surface area contributed by atoms with Gasteiger partial charge in [0, 0.05) is 6.42 Å². The monoisotopic (exact) mass is 275 g/mol. The number of esters is 1. The van der Waals surface area contributed by atoms with Crippen LogP contribution < -0.4 is 0 Å². The first kappa shape index (κ1) is 15.8. The molecule has 0 aromatic heterocycles. The number of aliphatic hydroxyl groups is 1. The van der Waals surface area contributed by atoms with Crippen LogP contribution in [0.4, 0.5) is 5.69 Å². The van der Waals surface area contributed by atoms with Crippen LogP contribution in [0, 0.1) is 11.3 Å². The first-order valence-corrected chi connectivity index (χ1v) is 6.14. The Labute approximate surface area is 117 Å². The lowest BCUT2D eigenvalue weighted by Gasteiger charge is -2.19. The van der Waals surface area contributed by atoms with Crippen LogP contribution in [0.1, 0.15) is 30.1 Å². The molecule has 1 rings (SSSR count). The van der Waals surface area contributed by atoms with Crippen LogP contribution in [0.3, 0.4) is 0 Å². The topological polar surface area (TPSA) is 95.0 Å². The molecular formula is C14H17N3O3. The van der Waals surface area contributed by atoms with Crippen LogP contribution in [0.2, 0.25) is 0 Å². The van der Waals surface area contributed by atoms with E-state index in [0.29, 0.717) is 17.7 Å². The second-order valence-electron chi connectivity index (χ2n) is 4.52. The highest BCUT2D eigenvalue weighted by atomic mass is 16.5.